The van der Waals surface area contributed by atoms with Gasteiger partial charge >= 0.3 is 5.97 Å². The first-order chi connectivity index (χ1) is 18.2. The topological polar surface area (TPSA) is 92.4 Å². The largest absolute Gasteiger partial charge is 0.480 e. The third kappa shape index (κ3) is 7.57. The number of carboxylic acid groups (broad SMARTS) is 1. The van der Waals surface area contributed by atoms with Gasteiger partial charge in [0.2, 0.25) is 0 Å². The van der Waals surface area contributed by atoms with Gasteiger partial charge in [-0.15, -0.1) is 11.8 Å². The first kappa shape index (κ1) is 30.6. The van der Waals surface area contributed by atoms with Gasteiger partial charge in [0, 0.05) is 5.56 Å². The Balaban J connectivity index is 2.03. The maximum atomic E-state index is 13.5. The molecule has 1 aliphatic rings. The van der Waals surface area contributed by atoms with Crippen molar-refractivity contribution in [2.75, 3.05) is 17.8 Å². The summed E-state index contributed by atoms with van der Waals surface area (Å²) in [5.74, 6) is 1.15. The van der Waals surface area contributed by atoms with Crippen molar-refractivity contribution in [2.45, 2.75) is 76.6 Å². The van der Waals surface area contributed by atoms with Crippen LogP contribution in [0, 0.1) is 18.8 Å². The van der Waals surface area contributed by atoms with E-state index in [1.165, 1.54) is 32.1 Å². The van der Waals surface area contributed by atoms with E-state index in [-0.39, 0.29) is 11.8 Å². The van der Waals surface area contributed by atoms with Crippen LogP contribution in [0.25, 0.3) is 11.1 Å². The molecular weight excluding hydrogens is 512 g/mol. The van der Waals surface area contributed by atoms with Crippen LogP contribution in [0.5, 0.6) is 0 Å². The molecule has 208 valence electrons. The summed E-state index contributed by atoms with van der Waals surface area (Å²) in [6, 6.07) is 13.0. The molecule has 0 bridgehead atoms. The van der Waals surface area contributed by atoms with Gasteiger partial charge in [-0.25, -0.2) is 4.79 Å². The fraction of sp³-hybridized carbons (Fsp3) is 0.548. The molecule has 1 amide bonds. The summed E-state index contributed by atoms with van der Waals surface area (Å²) in [6.07, 6.45) is 9.93. The Morgan fingerprint density at radius 3 is 2.47 bits per heavy atom. The highest BCUT2D eigenvalue weighted by atomic mass is 32.2. The van der Waals surface area contributed by atoms with E-state index in [2.05, 4.69) is 25.2 Å². The predicted molar refractivity (Wildman–Crippen MR) is 163 cm³/mol. The van der Waals surface area contributed by atoms with Crippen molar-refractivity contribution in [2.24, 2.45) is 17.6 Å². The van der Waals surface area contributed by atoms with Gasteiger partial charge in [0.25, 0.3) is 5.91 Å². The van der Waals surface area contributed by atoms with Gasteiger partial charge in [-0.2, -0.15) is 11.8 Å². The SMILES string of the molecule is CCSC(N)(c1ccc(C(=O)NC(CCSC)C(=O)O)c(-c2ccccc2C)c1)C(C)CC1CCCCC1. The van der Waals surface area contributed by atoms with E-state index in [0.29, 0.717) is 23.7 Å². The highest BCUT2D eigenvalue weighted by molar-refractivity contribution is 8.00. The molecule has 0 saturated heterocycles. The quantitative estimate of drug-likeness (QED) is 0.229. The minimum Gasteiger partial charge on any atom is -0.480 e. The third-order valence-electron chi connectivity index (χ3n) is 7.89. The van der Waals surface area contributed by atoms with E-state index in [1.807, 2.05) is 49.6 Å². The minimum absolute atomic E-state index is 0.267. The summed E-state index contributed by atoms with van der Waals surface area (Å²) in [4.78, 5) is 24.7. The molecule has 3 rings (SSSR count). The molecule has 4 N–H and O–H groups in total. The molecule has 1 fully saturated rings. The predicted octanol–water partition coefficient (Wildman–Crippen LogP) is 7.07. The first-order valence-corrected chi connectivity index (χ1v) is 16.2. The number of carbonyl (C=O) groups is 2. The molecule has 3 unspecified atom stereocenters. The van der Waals surface area contributed by atoms with Gasteiger partial charge in [0.05, 0.1) is 4.87 Å². The van der Waals surface area contributed by atoms with Gasteiger partial charge in [0.1, 0.15) is 6.04 Å². The number of rotatable bonds is 13. The van der Waals surface area contributed by atoms with E-state index in [9.17, 15) is 14.7 Å². The smallest absolute Gasteiger partial charge is 0.326 e. The Kier molecular flexibility index (Phi) is 11.6. The summed E-state index contributed by atoms with van der Waals surface area (Å²) >= 11 is 3.34. The first-order valence-electron chi connectivity index (χ1n) is 13.9. The Labute approximate surface area is 237 Å². The summed E-state index contributed by atoms with van der Waals surface area (Å²) in [6.45, 7) is 6.45. The van der Waals surface area contributed by atoms with E-state index in [1.54, 1.807) is 23.5 Å². The molecule has 0 aliphatic heterocycles. The number of amides is 1. The summed E-state index contributed by atoms with van der Waals surface area (Å²) in [5.41, 5.74) is 11.6. The van der Waals surface area contributed by atoms with Crippen molar-refractivity contribution in [3.05, 3.63) is 59.2 Å². The fourth-order valence-electron chi connectivity index (χ4n) is 5.66. The highest BCUT2D eigenvalue weighted by Gasteiger charge is 2.36. The molecule has 1 saturated carbocycles. The second-order valence-corrected chi connectivity index (χ2v) is 13.1. The van der Waals surface area contributed by atoms with Crippen LogP contribution in [0.4, 0.5) is 0 Å². The molecular formula is C31H44N2O3S2. The number of hydrogen-bond donors (Lipinski definition) is 3. The molecule has 0 spiro atoms. The zero-order valence-electron chi connectivity index (χ0n) is 23.3. The fourth-order valence-corrected chi connectivity index (χ4v) is 7.28. The van der Waals surface area contributed by atoms with Crippen LogP contribution >= 0.6 is 23.5 Å². The Bertz CT molecular complexity index is 1090. The average Bonchev–Trinajstić information content (AvgIpc) is 2.91. The van der Waals surface area contributed by atoms with Gasteiger partial charge < -0.3 is 16.2 Å². The normalized spacial score (nSPS) is 17.4. The maximum Gasteiger partial charge on any atom is 0.326 e. The van der Waals surface area contributed by atoms with Gasteiger partial charge in [-0.1, -0.05) is 76.3 Å². The summed E-state index contributed by atoms with van der Waals surface area (Å²) in [7, 11) is 0. The molecule has 38 heavy (non-hydrogen) atoms. The Morgan fingerprint density at radius 1 is 1.13 bits per heavy atom. The second kappa shape index (κ2) is 14.4. The average molecular weight is 557 g/mol. The van der Waals surface area contributed by atoms with Crippen molar-refractivity contribution in [3.63, 3.8) is 0 Å². The van der Waals surface area contributed by atoms with Crippen LogP contribution in [-0.4, -0.2) is 40.8 Å². The number of nitrogens with one attached hydrogen (secondary N) is 1. The molecule has 0 aromatic heterocycles. The lowest BCUT2D eigenvalue weighted by Gasteiger charge is -2.38. The summed E-state index contributed by atoms with van der Waals surface area (Å²) < 4.78 is 0. The van der Waals surface area contributed by atoms with Gasteiger partial charge in [-0.3, -0.25) is 4.79 Å². The van der Waals surface area contributed by atoms with Crippen molar-refractivity contribution in [1.29, 1.82) is 0 Å². The van der Waals surface area contributed by atoms with Crippen LogP contribution in [0.3, 0.4) is 0 Å². The lowest BCUT2D eigenvalue weighted by atomic mass is 9.79. The van der Waals surface area contributed by atoms with Crippen LogP contribution in [0.15, 0.2) is 42.5 Å². The molecule has 0 radical (unpaired) electrons. The third-order valence-corrected chi connectivity index (χ3v) is 9.94. The van der Waals surface area contributed by atoms with Crippen LogP contribution in [0.2, 0.25) is 0 Å². The van der Waals surface area contributed by atoms with Crippen molar-refractivity contribution in [1.82, 2.24) is 5.32 Å². The van der Waals surface area contributed by atoms with Gasteiger partial charge in [0.15, 0.2) is 0 Å². The zero-order chi connectivity index (χ0) is 27.7. The number of nitrogens with two attached hydrogens (primary N) is 1. The number of benzene rings is 2. The monoisotopic (exact) mass is 556 g/mol. The molecule has 0 heterocycles. The molecule has 5 nitrogen and oxygen atoms in total. The minimum atomic E-state index is -1.02. The number of aliphatic carboxylic acids is 1. The highest BCUT2D eigenvalue weighted by Crippen LogP contribution is 2.44. The van der Waals surface area contributed by atoms with Gasteiger partial charge in [-0.05, 0) is 83.7 Å². The van der Waals surface area contributed by atoms with Crippen LogP contribution in [0.1, 0.15) is 80.3 Å². The number of carboxylic acids is 1. The van der Waals surface area contributed by atoms with Crippen LogP contribution in [-0.2, 0) is 9.67 Å². The number of hydrogen-bond acceptors (Lipinski definition) is 5. The lowest BCUT2D eigenvalue weighted by molar-refractivity contribution is -0.139. The Hall–Kier alpha value is -1.96. The zero-order valence-corrected chi connectivity index (χ0v) is 24.9. The molecule has 3 atom stereocenters. The molecule has 2 aromatic rings. The maximum absolute atomic E-state index is 13.5. The van der Waals surface area contributed by atoms with E-state index in [4.69, 9.17) is 5.73 Å². The summed E-state index contributed by atoms with van der Waals surface area (Å²) in [5, 5.41) is 12.5. The van der Waals surface area contributed by atoms with Crippen molar-refractivity contribution >= 4 is 35.4 Å². The van der Waals surface area contributed by atoms with Crippen LogP contribution < -0.4 is 11.1 Å². The number of carbonyl (C=O) groups excluding carboxylic acids is 1. The lowest BCUT2D eigenvalue weighted by Crippen LogP contribution is -2.42. The number of aryl methyl sites for hydroxylation is 1. The second-order valence-electron chi connectivity index (χ2n) is 10.6. The Morgan fingerprint density at radius 2 is 1.84 bits per heavy atom. The van der Waals surface area contributed by atoms with E-state index >= 15 is 0 Å². The molecule has 7 heteroatoms. The molecule has 2 aromatic carbocycles. The molecule has 1 aliphatic carbocycles. The standard InChI is InChI=1S/C31H44N2O3S2/c1-5-38-31(32,22(3)19-23-12-7-6-8-13-23)24-15-16-26(27(20-24)25-14-10-9-11-21(25)2)29(34)33-28(30(35)36)17-18-37-4/h9-11,14-16,20,22-23,28H,5-8,12-13,17-19,32H2,1-4H3,(H,33,34)(H,35,36). The van der Waals surface area contributed by atoms with E-state index < -0.39 is 16.9 Å². The van der Waals surface area contributed by atoms with Crippen molar-refractivity contribution in [3.8, 4) is 11.1 Å². The number of thioether (sulfide) groups is 2. The van der Waals surface area contributed by atoms with E-state index in [0.717, 1.165) is 34.4 Å². The van der Waals surface area contributed by atoms with Crippen molar-refractivity contribution < 1.29 is 14.7 Å².